The second-order valence-electron chi connectivity index (χ2n) is 4.50. The van der Waals surface area contributed by atoms with Crippen molar-refractivity contribution < 1.29 is 0 Å². The number of hydrogen-bond acceptors (Lipinski definition) is 2. The van der Waals surface area contributed by atoms with Crippen molar-refractivity contribution in [2.24, 2.45) is 5.92 Å². The van der Waals surface area contributed by atoms with Gasteiger partial charge in [-0.3, -0.25) is 0 Å². The van der Waals surface area contributed by atoms with E-state index in [2.05, 4.69) is 56.4 Å². The minimum absolute atomic E-state index is 0.627. The molecule has 0 spiro atoms. The van der Waals surface area contributed by atoms with Crippen LogP contribution >= 0.6 is 11.8 Å². The van der Waals surface area contributed by atoms with Gasteiger partial charge in [0, 0.05) is 10.9 Å². The Morgan fingerprint density at radius 3 is 2.44 bits per heavy atom. The maximum atomic E-state index is 3.55. The number of hydrogen-bond donors (Lipinski definition) is 1. The highest BCUT2D eigenvalue weighted by Gasteiger charge is 2.04. The zero-order valence-electron chi connectivity index (χ0n) is 10.6. The van der Waals surface area contributed by atoms with E-state index in [-0.39, 0.29) is 0 Å². The van der Waals surface area contributed by atoms with Gasteiger partial charge < -0.3 is 5.32 Å². The predicted molar refractivity (Wildman–Crippen MR) is 74.1 cm³/mol. The molecule has 0 saturated carbocycles. The molecule has 0 bridgehead atoms. The van der Waals surface area contributed by atoms with Crippen LogP contribution in [0, 0.1) is 5.92 Å². The van der Waals surface area contributed by atoms with E-state index >= 15 is 0 Å². The van der Waals surface area contributed by atoms with Crippen molar-refractivity contribution in [1.82, 2.24) is 5.32 Å². The molecule has 0 aromatic heterocycles. The Morgan fingerprint density at radius 1 is 1.12 bits per heavy atom. The average Bonchev–Trinajstić information content (AvgIpc) is 2.29. The smallest absolute Gasteiger partial charge is 0.00719 e. The van der Waals surface area contributed by atoms with Crippen molar-refractivity contribution in [3.63, 3.8) is 0 Å². The van der Waals surface area contributed by atoms with Crippen LogP contribution in [-0.2, 0) is 0 Å². The Labute approximate surface area is 104 Å². The van der Waals surface area contributed by atoms with Crippen molar-refractivity contribution in [3.05, 3.63) is 30.3 Å². The Kier molecular flexibility index (Phi) is 6.58. The van der Waals surface area contributed by atoms with E-state index in [0.29, 0.717) is 6.04 Å². The van der Waals surface area contributed by atoms with Crippen molar-refractivity contribution in [2.45, 2.75) is 38.1 Å². The van der Waals surface area contributed by atoms with Crippen LogP contribution < -0.4 is 5.32 Å². The van der Waals surface area contributed by atoms with Gasteiger partial charge in [0.05, 0.1) is 0 Å². The molecular weight excluding hydrogens is 214 g/mol. The van der Waals surface area contributed by atoms with Gasteiger partial charge in [-0.25, -0.2) is 0 Å². The van der Waals surface area contributed by atoms with Gasteiger partial charge in [-0.15, -0.1) is 11.8 Å². The zero-order valence-corrected chi connectivity index (χ0v) is 11.4. The largest absolute Gasteiger partial charge is 0.314 e. The number of nitrogens with one attached hydrogen (secondary N) is 1. The van der Waals surface area contributed by atoms with Gasteiger partial charge in [0.1, 0.15) is 0 Å². The van der Waals surface area contributed by atoms with Gasteiger partial charge in [-0.05, 0) is 43.7 Å². The quantitative estimate of drug-likeness (QED) is 0.572. The Morgan fingerprint density at radius 2 is 1.81 bits per heavy atom. The molecule has 0 saturated heterocycles. The Hall–Kier alpha value is -0.470. The summed E-state index contributed by atoms with van der Waals surface area (Å²) in [5.74, 6) is 1.92. The summed E-state index contributed by atoms with van der Waals surface area (Å²) in [6, 6.07) is 11.2. The summed E-state index contributed by atoms with van der Waals surface area (Å²) in [6.45, 7) is 7.90. The van der Waals surface area contributed by atoms with E-state index in [0.717, 1.165) is 12.5 Å². The third-order valence-electron chi connectivity index (χ3n) is 2.80. The van der Waals surface area contributed by atoms with E-state index in [1.807, 2.05) is 11.8 Å². The SMILES string of the molecule is CC(C)C(C)NCCCSc1ccccc1. The third kappa shape index (κ3) is 5.57. The second-order valence-corrected chi connectivity index (χ2v) is 5.67. The fraction of sp³-hybridized carbons (Fsp3) is 0.571. The lowest BCUT2D eigenvalue weighted by Gasteiger charge is -2.17. The topological polar surface area (TPSA) is 12.0 Å². The summed E-state index contributed by atoms with van der Waals surface area (Å²) in [5.41, 5.74) is 0. The summed E-state index contributed by atoms with van der Waals surface area (Å²) < 4.78 is 0. The van der Waals surface area contributed by atoms with Crippen molar-refractivity contribution in [3.8, 4) is 0 Å². The molecular formula is C14H23NS. The minimum Gasteiger partial charge on any atom is -0.314 e. The fourth-order valence-electron chi connectivity index (χ4n) is 1.34. The number of rotatable bonds is 7. The molecule has 1 aromatic rings. The van der Waals surface area contributed by atoms with Crippen LogP contribution in [0.5, 0.6) is 0 Å². The van der Waals surface area contributed by atoms with Crippen LogP contribution in [-0.4, -0.2) is 18.3 Å². The molecule has 0 aliphatic carbocycles. The van der Waals surface area contributed by atoms with E-state index in [4.69, 9.17) is 0 Å². The second kappa shape index (κ2) is 7.75. The molecule has 1 N–H and O–H groups in total. The van der Waals surface area contributed by atoms with Crippen molar-refractivity contribution in [1.29, 1.82) is 0 Å². The van der Waals surface area contributed by atoms with Gasteiger partial charge in [-0.2, -0.15) is 0 Å². The monoisotopic (exact) mass is 237 g/mol. The molecule has 1 atom stereocenters. The Bertz CT molecular complexity index is 271. The van der Waals surface area contributed by atoms with Crippen LogP contribution in [0.1, 0.15) is 27.2 Å². The molecule has 0 amide bonds. The molecule has 0 radical (unpaired) electrons. The highest BCUT2D eigenvalue weighted by molar-refractivity contribution is 7.99. The van der Waals surface area contributed by atoms with Gasteiger partial charge >= 0.3 is 0 Å². The average molecular weight is 237 g/mol. The molecule has 0 fully saturated rings. The van der Waals surface area contributed by atoms with E-state index in [9.17, 15) is 0 Å². The van der Waals surface area contributed by atoms with Crippen LogP contribution in [0.15, 0.2) is 35.2 Å². The standard InChI is InChI=1S/C14H23NS/c1-12(2)13(3)15-10-7-11-16-14-8-5-4-6-9-14/h4-6,8-9,12-13,15H,7,10-11H2,1-3H3. The lowest BCUT2D eigenvalue weighted by molar-refractivity contribution is 0.428. The van der Waals surface area contributed by atoms with E-state index in [1.54, 1.807) is 0 Å². The first kappa shape index (κ1) is 13.6. The maximum absolute atomic E-state index is 3.55. The van der Waals surface area contributed by atoms with Gasteiger partial charge in [-0.1, -0.05) is 32.0 Å². The van der Waals surface area contributed by atoms with Gasteiger partial charge in [0.15, 0.2) is 0 Å². The molecule has 1 nitrogen and oxygen atoms in total. The summed E-state index contributed by atoms with van der Waals surface area (Å²) in [7, 11) is 0. The number of benzene rings is 1. The highest BCUT2D eigenvalue weighted by atomic mass is 32.2. The number of thioether (sulfide) groups is 1. The predicted octanol–water partition coefficient (Wildman–Crippen LogP) is 3.80. The van der Waals surface area contributed by atoms with E-state index in [1.165, 1.54) is 17.1 Å². The summed E-state index contributed by atoms with van der Waals surface area (Å²) >= 11 is 1.94. The highest BCUT2D eigenvalue weighted by Crippen LogP contribution is 2.17. The van der Waals surface area contributed by atoms with Crippen LogP contribution in [0.25, 0.3) is 0 Å². The lowest BCUT2D eigenvalue weighted by atomic mass is 10.1. The zero-order chi connectivity index (χ0) is 11.8. The maximum Gasteiger partial charge on any atom is 0.00719 e. The molecule has 16 heavy (non-hydrogen) atoms. The first-order valence-electron chi connectivity index (χ1n) is 6.11. The molecule has 0 heterocycles. The molecule has 1 unspecified atom stereocenters. The summed E-state index contributed by atoms with van der Waals surface area (Å²) in [6.07, 6.45) is 1.23. The molecule has 90 valence electrons. The summed E-state index contributed by atoms with van der Waals surface area (Å²) in [4.78, 5) is 1.37. The van der Waals surface area contributed by atoms with Crippen molar-refractivity contribution >= 4 is 11.8 Å². The van der Waals surface area contributed by atoms with Crippen molar-refractivity contribution in [2.75, 3.05) is 12.3 Å². The fourth-order valence-corrected chi connectivity index (χ4v) is 2.22. The van der Waals surface area contributed by atoms with Crippen LogP contribution in [0.3, 0.4) is 0 Å². The molecule has 1 rings (SSSR count). The van der Waals surface area contributed by atoms with Gasteiger partial charge in [0.25, 0.3) is 0 Å². The van der Waals surface area contributed by atoms with Crippen LogP contribution in [0.2, 0.25) is 0 Å². The molecule has 1 aromatic carbocycles. The third-order valence-corrected chi connectivity index (χ3v) is 3.90. The molecule has 0 aliphatic heterocycles. The Balaban J connectivity index is 2.04. The minimum atomic E-state index is 0.627. The van der Waals surface area contributed by atoms with E-state index < -0.39 is 0 Å². The first-order chi connectivity index (χ1) is 7.70. The normalized spacial score (nSPS) is 13.0. The molecule has 2 heteroatoms. The lowest BCUT2D eigenvalue weighted by Crippen LogP contribution is -2.31. The molecule has 0 aliphatic rings. The van der Waals surface area contributed by atoms with Gasteiger partial charge in [0.2, 0.25) is 0 Å². The van der Waals surface area contributed by atoms with Crippen LogP contribution in [0.4, 0.5) is 0 Å². The first-order valence-corrected chi connectivity index (χ1v) is 7.10. The summed E-state index contributed by atoms with van der Waals surface area (Å²) in [5, 5.41) is 3.55.